The number of carbonyl (C=O) groups is 2. The Hall–Kier alpha value is -2.58. The van der Waals surface area contributed by atoms with Crippen LogP contribution in [0.25, 0.3) is 0 Å². The van der Waals surface area contributed by atoms with Gasteiger partial charge in [0.1, 0.15) is 0 Å². The van der Waals surface area contributed by atoms with Crippen molar-refractivity contribution in [1.29, 1.82) is 0 Å². The van der Waals surface area contributed by atoms with Crippen molar-refractivity contribution in [3.05, 3.63) is 63.6 Å². The van der Waals surface area contributed by atoms with Gasteiger partial charge in [-0.05, 0) is 30.3 Å². The minimum Gasteiger partial charge on any atom is -0.318 e. The summed E-state index contributed by atoms with van der Waals surface area (Å²) in [6.07, 6.45) is -3.38. The summed E-state index contributed by atoms with van der Waals surface area (Å²) in [7, 11) is 0. The molecule has 26 heavy (non-hydrogen) atoms. The second-order valence-electron chi connectivity index (χ2n) is 4.90. The number of alkyl halides is 3. The van der Waals surface area contributed by atoms with Crippen LogP contribution in [0.4, 0.5) is 18.9 Å². The SMILES string of the molecule is O=C(N/N=C/c1ccc(Cl)cc1Cl)C(=O)Nc1cccc(C(F)(F)F)c1. The highest BCUT2D eigenvalue weighted by Crippen LogP contribution is 2.30. The van der Waals surface area contributed by atoms with E-state index in [1.807, 2.05) is 5.43 Å². The van der Waals surface area contributed by atoms with Gasteiger partial charge in [0, 0.05) is 16.3 Å². The van der Waals surface area contributed by atoms with E-state index in [2.05, 4.69) is 10.4 Å². The highest BCUT2D eigenvalue weighted by Gasteiger charge is 2.30. The largest absolute Gasteiger partial charge is 0.416 e. The van der Waals surface area contributed by atoms with Crippen molar-refractivity contribution in [3.63, 3.8) is 0 Å². The molecule has 0 heterocycles. The molecule has 0 bridgehead atoms. The van der Waals surface area contributed by atoms with Gasteiger partial charge in [0.05, 0.1) is 16.8 Å². The van der Waals surface area contributed by atoms with Crippen molar-refractivity contribution >= 4 is 46.9 Å². The molecular formula is C16H10Cl2F3N3O2. The van der Waals surface area contributed by atoms with Crippen LogP contribution in [0.5, 0.6) is 0 Å². The Balaban J connectivity index is 1.98. The number of halogens is 5. The van der Waals surface area contributed by atoms with E-state index >= 15 is 0 Å². The fraction of sp³-hybridized carbons (Fsp3) is 0.0625. The van der Waals surface area contributed by atoms with E-state index in [-0.39, 0.29) is 10.7 Å². The fourth-order valence-electron chi connectivity index (χ4n) is 1.78. The maximum Gasteiger partial charge on any atom is 0.416 e. The summed E-state index contributed by atoms with van der Waals surface area (Å²) in [5.41, 5.74) is 1.25. The van der Waals surface area contributed by atoms with Gasteiger partial charge in [-0.3, -0.25) is 9.59 Å². The molecule has 0 aliphatic carbocycles. The van der Waals surface area contributed by atoms with Gasteiger partial charge in [-0.1, -0.05) is 35.3 Å². The van der Waals surface area contributed by atoms with Crippen LogP contribution in [0.2, 0.25) is 10.0 Å². The topological polar surface area (TPSA) is 70.6 Å². The standard InChI is InChI=1S/C16H10Cl2F3N3O2/c17-11-5-4-9(13(18)7-11)8-22-24-15(26)14(25)23-12-3-1-2-10(6-12)16(19,20)21/h1-8H,(H,23,25)(H,24,26)/b22-8+. The van der Waals surface area contributed by atoms with Gasteiger partial charge >= 0.3 is 18.0 Å². The monoisotopic (exact) mass is 403 g/mol. The van der Waals surface area contributed by atoms with E-state index in [0.29, 0.717) is 16.7 Å². The molecule has 136 valence electrons. The number of nitrogens with zero attached hydrogens (tertiary/aromatic N) is 1. The van der Waals surface area contributed by atoms with Gasteiger partial charge in [-0.25, -0.2) is 5.43 Å². The van der Waals surface area contributed by atoms with Crippen molar-refractivity contribution in [2.24, 2.45) is 5.10 Å². The lowest BCUT2D eigenvalue weighted by molar-refractivity contribution is -0.137. The molecule has 0 saturated heterocycles. The Morgan fingerprint density at radius 3 is 2.42 bits per heavy atom. The van der Waals surface area contributed by atoms with Crippen LogP contribution in [-0.4, -0.2) is 18.0 Å². The highest BCUT2D eigenvalue weighted by atomic mass is 35.5. The van der Waals surface area contributed by atoms with Crippen LogP contribution >= 0.6 is 23.2 Å². The molecule has 0 unspecified atom stereocenters. The first-order chi connectivity index (χ1) is 12.2. The number of amides is 2. The Morgan fingerprint density at radius 2 is 1.77 bits per heavy atom. The molecule has 2 aromatic carbocycles. The van der Waals surface area contributed by atoms with E-state index in [0.717, 1.165) is 12.1 Å². The van der Waals surface area contributed by atoms with Gasteiger partial charge < -0.3 is 5.32 Å². The zero-order valence-corrected chi connectivity index (χ0v) is 14.3. The summed E-state index contributed by atoms with van der Waals surface area (Å²) in [5.74, 6) is -2.34. The highest BCUT2D eigenvalue weighted by molar-refractivity contribution is 6.39. The summed E-state index contributed by atoms with van der Waals surface area (Å²) in [6, 6.07) is 8.44. The van der Waals surface area contributed by atoms with Gasteiger partial charge in [0.25, 0.3) is 0 Å². The zero-order chi connectivity index (χ0) is 19.3. The third kappa shape index (κ3) is 5.47. The van der Waals surface area contributed by atoms with Crippen molar-refractivity contribution < 1.29 is 22.8 Å². The number of benzene rings is 2. The van der Waals surface area contributed by atoms with Crippen LogP contribution in [0.15, 0.2) is 47.6 Å². The minimum absolute atomic E-state index is 0.176. The van der Waals surface area contributed by atoms with Crippen molar-refractivity contribution in [1.82, 2.24) is 5.43 Å². The molecule has 0 radical (unpaired) electrons. The number of nitrogens with one attached hydrogen (secondary N) is 2. The maximum absolute atomic E-state index is 12.6. The number of anilines is 1. The summed E-state index contributed by atoms with van der Waals surface area (Å²) in [6.45, 7) is 0. The van der Waals surface area contributed by atoms with Crippen LogP contribution in [0.1, 0.15) is 11.1 Å². The van der Waals surface area contributed by atoms with E-state index in [9.17, 15) is 22.8 Å². The minimum atomic E-state index is -4.56. The lowest BCUT2D eigenvalue weighted by Gasteiger charge is -2.09. The molecule has 0 aromatic heterocycles. The fourth-order valence-corrected chi connectivity index (χ4v) is 2.24. The number of hydrogen-bond acceptors (Lipinski definition) is 3. The first-order valence-corrected chi connectivity index (χ1v) is 7.69. The molecule has 10 heteroatoms. The molecule has 0 atom stereocenters. The molecule has 2 amide bonds. The van der Waals surface area contributed by atoms with E-state index in [4.69, 9.17) is 23.2 Å². The van der Waals surface area contributed by atoms with E-state index in [1.54, 1.807) is 12.1 Å². The third-order valence-electron chi connectivity index (χ3n) is 2.99. The molecule has 0 fully saturated rings. The number of carbonyl (C=O) groups excluding carboxylic acids is 2. The molecular weight excluding hydrogens is 394 g/mol. The van der Waals surface area contributed by atoms with Gasteiger partial charge in [-0.15, -0.1) is 0 Å². The molecule has 0 spiro atoms. The number of hydrogen-bond donors (Lipinski definition) is 2. The molecule has 5 nitrogen and oxygen atoms in total. The average molecular weight is 404 g/mol. The average Bonchev–Trinajstić information content (AvgIpc) is 2.56. The maximum atomic E-state index is 12.6. The first-order valence-electron chi connectivity index (χ1n) is 6.93. The van der Waals surface area contributed by atoms with Gasteiger partial charge in [-0.2, -0.15) is 18.3 Å². The predicted molar refractivity (Wildman–Crippen MR) is 92.3 cm³/mol. The quantitative estimate of drug-likeness (QED) is 0.460. The molecule has 2 rings (SSSR count). The second-order valence-corrected chi connectivity index (χ2v) is 5.74. The zero-order valence-electron chi connectivity index (χ0n) is 12.8. The smallest absolute Gasteiger partial charge is 0.318 e. The van der Waals surface area contributed by atoms with Crippen molar-refractivity contribution in [2.45, 2.75) is 6.18 Å². The first kappa shape index (κ1) is 19.7. The molecule has 0 saturated carbocycles. The van der Waals surface area contributed by atoms with Crippen LogP contribution in [0.3, 0.4) is 0 Å². The number of hydrazone groups is 1. The summed E-state index contributed by atoms with van der Waals surface area (Å²) >= 11 is 11.6. The molecule has 0 aliphatic heterocycles. The summed E-state index contributed by atoms with van der Waals surface area (Å²) in [5, 5.41) is 6.31. The Bertz CT molecular complexity index is 870. The lowest BCUT2D eigenvalue weighted by atomic mass is 10.2. The second kappa shape index (κ2) is 8.20. The van der Waals surface area contributed by atoms with Gasteiger partial charge in [0.2, 0.25) is 0 Å². The van der Waals surface area contributed by atoms with E-state index in [1.165, 1.54) is 18.3 Å². The van der Waals surface area contributed by atoms with Crippen LogP contribution in [-0.2, 0) is 15.8 Å². The normalized spacial score (nSPS) is 11.4. The van der Waals surface area contributed by atoms with Crippen molar-refractivity contribution in [2.75, 3.05) is 5.32 Å². The molecule has 2 aromatic rings. The Labute approximate surface area is 155 Å². The Kier molecular flexibility index (Phi) is 6.23. The Morgan fingerprint density at radius 1 is 1.04 bits per heavy atom. The van der Waals surface area contributed by atoms with E-state index < -0.39 is 23.6 Å². The predicted octanol–water partition coefficient (Wildman–Crippen LogP) is 4.10. The van der Waals surface area contributed by atoms with Crippen LogP contribution in [0, 0.1) is 0 Å². The number of rotatable bonds is 3. The summed E-state index contributed by atoms with van der Waals surface area (Å²) < 4.78 is 37.9. The van der Waals surface area contributed by atoms with Gasteiger partial charge in [0.15, 0.2) is 0 Å². The lowest BCUT2D eigenvalue weighted by Crippen LogP contribution is -2.32. The molecule has 0 aliphatic rings. The van der Waals surface area contributed by atoms with Crippen molar-refractivity contribution in [3.8, 4) is 0 Å². The third-order valence-corrected chi connectivity index (χ3v) is 3.55. The summed E-state index contributed by atoms with van der Waals surface area (Å²) in [4.78, 5) is 23.4. The molecule has 2 N–H and O–H groups in total. The van der Waals surface area contributed by atoms with Crippen LogP contribution < -0.4 is 10.7 Å².